The second-order valence-electron chi connectivity index (χ2n) is 2.28. The molecule has 0 atom stereocenters. The zero-order valence-corrected chi connectivity index (χ0v) is 9.60. The molecule has 5 nitrogen and oxygen atoms in total. The summed E-state index contributed by atoms with van der Waals surface area (Å²) in [7, 11) is -2.35. The fraction of sp³-hybridized carbons (Fsp3) is 0.750. The molecular formula is C8H17N2O3P. The molecule has 0 aliphatic carbocycles. The predicted molar refractivity (Wildman–Crippen MR) is 59.0 cm³/mol. The van der Waals surface area contributed by atoms with E-state index in [4.69, 9.17) is 9.05 Å². The van der Waals surface area contributed by atoms with Crippen molar-refractivity contribution in [2.75, 3.05) is 26.3 Å². The summed E-state index contributed by atoms with van der Waals surface area (Å²) in [6, 6.07) is 0. The molecule has 0 saturated carbocycles. The maximum Gasteiger partial charge on any atom is 0.319 e. The highest BCUT2D eigenvalue weighted by molar-refractivity contribution is 7.33. The van der Waals surface area contributed by atoms with Crippen molar-refractivity contribution in [2.24, 2.45) is 9.98 Å². The summed E-state index contributed by atoms with van der Waals surface area (Å²) in [4.78, 5) is 7.80. The summed E-state index contributed by atoms with van der Waals surface area (Å²) >= 11 is 0. The van der Waals surface area contributed by atoms with Crippen LogP contribution in [0.15, 0.2) is 9.98 Å². The summed E-state index contributed by atoms with van der Waals surface area (Å²) < 4.78 is 20.8. The van der Waals surface area contributed by atoms with E-state index >= 15 is 0 Å². The van der Waals surface area contributed by atoms with E-state index in [1.807, 2.05) is 13.8 Å². The largest absolute Gasteiger partial charge is 0.319 e. The van der Waals surface area contributed by atoms with Crippen LogP contribution in [0, 0.1) is 0 Å². The van der Waals surface area contributed by atoms with Gasteiger partial charge in [-0.3, -0.25) is 14.5 Å². The van der Waals surface area contributed by atoms with Gasteiger partial charge in [0.1, 0.15) is 0 Å². The standard InChI is InChI=1S/C8H17N2O3P/c1-3-9-5-7-12-14(11)13-8-6-10-4-2/h3-4,14H,5-8H2,1-2H3. The van der Waals surface area contributed by atoms with E-state index in [2.05, 4.69) is 9.98 Å². The van der Waals surface area contributed by atoms with Crippen LogP contribution in [0.4, 0.5) is 0 Å². The molecule has 0 aliphatic heterocycles. The molecule has 0 bridgehead atoms. The van der Waals surface area contributed by atoms with E-state index in [1.165, 1.54) is 0 Å². The lowest BCUT2D eigenvalue weighted by Gasteiger charge is -2.02. The van der Waals surface area contributed by atoms with Gasteiger partial charge in [-0.05, 0) is 26.3 Å². The first kappa shape index (κ1) is 13.5. The Morgan fingerprint density at radius 2 is 1.50 bits per heavy atom. The number of aliphatic imine (C=N–C) groups is 2. The fourth-order valence-electron chi connectivity index (χ4n) is 0.663. The van der Waals surface area contributed by atoms with Crippen LogP contribution in [0.25, 0.3) is 0 Å². The zero-order chi connectivity index (χ0) is 10.6. The second kappa shape index (κ2) is 10.6. The Morgan fingerprint density at radius 3 is 1.86 bits per heavy atom. The summed E-state index contributed by atoms with van der Waals surface area (Å²) in [5.74, 6) is 0. The molecule has 6 heteroatoms. The van der Waals surface area contributed by atoms with E-state index in [9.17, 15) is 4.57 Å². The molecule has 14 heavy (non-hydrogen) atoms. The first-order chi connectivity index (χ1) is 6.81. The van der Waals surface area contributed by atoms with Gasteiger partial charge in [0, 0.05) is 0 Å². The van der Waals surface area contributed by atoms with Crippen molar-refractivity contribution in [3.05, 3.63) is 0 Å². The lowest BCUT2D eigenvalue weighted by molar-refractivity contribution is 0.235. The number of nitrogens with zero attached hydrogens (tertiary/aromatic N) is 2. The molecule has 0 rings (SSSR count). The lowest BCUT2D eigenvalue weighted by Crippen LogP contribution is -1.96. The third-order valence-corrected chi connectivity index (χ3v) is 2.13. The van der Waals surface area contributed by atoms with Gasteiger partial charge in [-0.15, -0.1) is 0 Å². The van der Waals surface area contributed by atoms with Crippen molar-refractivity contribution in [2.45, 2.75) is 13.8 Å². The van der Waals surface area contributed by atoms with Crippen LogP contribution in [0.3, 0.4) is 0 Å². The normalized spacial score (nSPS) is 14.1. The van der Waals surface area contributed by atoms with Crippen molar-refractivity contribution in [3.63, 3.8) is 0 Å². The number of hydrogen-bond donors (Lipinski definition) is 0. The van der Waals surface area contributed by atoms with Crippen LogP contribution in [-0.2, 0) is 13.6 Å². The second-order valence-corrected chi connectivity index (χ2v) is 3.35. The van der Waals surface area contributed by atoms with Crippen molar-refractivity contribution in [3.8, 4) is 0 Å². The Morgan fingerprint density at radius 1 is 1.07 bits per heavy atom. The monoisotopic (exact) mass is 220 g/mol. The molecule has 82 valence electrons. The number of rotatable bonds is 8. The minimum absolute atomic E-state index is 0.333. The molecule has 0 amide bonds. The maximum atomic E-state index is 11.0. The highest BCUT2D eigenvalue weighted by atomic mass is 31.1. The minimum Gasteiger partial charge on any atom is -0.309 e. The van der Waals surface area contributed by atoms with Crippen molar-refractivity contribution in [1.82, 2.24) is 0 Å². The van der Waals surface area contributed by atoms with Crippen LogP contribution >= 0.6 is 8.25 Å². The highest BCUT2D eigenvalue weighted by Gasteiger charge is 1.97. The van der Waals surface area contributed by atoms with Crippen LogP contribution < -0.4 is 0 Å². The molecule has 0 aromatic heterocycles. The molecule has 0 spiro atoms. The predicted octanol–water partition coefficient (Wildman–Crippen LogP) is 1.59. The number of hydrogen-bond acceptors (Lipinski definition) is 5. The van der Waals surface area contributed by atoms with Crippen LogP contribution in [0.2, 0.25) is 0 Å². The Hall–Kier alpha value is -0.510. The molecule has 0 saturated heterocycles. The zero-order valence-electron chi connectivity index (χ0n) is 8.60. The molecule has 0 aromatic rings. The average Bonchev–Trinajstić information content (AvgIpc) is 2.19. The molecule has 0 aliphatic rings. The quantitative estimate of drug-likeness (QED) is 0.354. The Kier molecular flexibility index (Phi) is 10.2. The Bertz CT molecular complexity index is 187. The maximum absolute atomic E-state index is 11.0. The van der Waals surface area contributed by atoms with Crippen LogP contribution in [0.1, 0.15) is 13.8 Å². The highest BCUT2D eigenvalue weighted by Crippen LogP contribution is 2.22. The van der Waals surface area contributed by atoms with Gasteiger partial charge in [-0.1, -0.05) is 0 Å². The van der Waals surface area contributed by atoms with Gasteiger partial charge in [0.2, 0.25) is 0 Å². The molecule has 0 unspecified atom stereocenters. The van der Waals surface area contributed by atoms with E-state index in [0.717, 1.165) is 0 Å². The van der Waals surface area contributed by atoms with Gasteiger partial charge >= 0.3 is 8.25 Å². The van der Waals surface area contributed by atoms with Gasteiger partial charge in [0.05, 0.1) is 26.3 Å². The molecule has 0 fully saturated rings. The fourth-order valence-corrected chi connectivity index (χ4v) is 1.26. The third kappa shape index (κ3) is 9.58. The summed E-state index contributed by atoms with van der Waals surface area (Å²) in [5.41, 5.74) is 0. The van der Waals surface area contributed by atoms with Gasteiger partial charge < -0.3 is 9.05 Å². The van der Waals surface area contributed by atoms with Gasteiger partial charge in [0.25, 0.3) is 0 Å². The molecule has 0 aromatic carbocycles. The van der Waals surface area contributed by atoms with E-state index < -0.39 is 8.25 Å². The summed E-state index contributed by atoms with van der Waals surface area (Å²) in [6.45, 7) is 5.34. The molecule has 0 heterocycles. The van der Waals surface area contributed by atoms with Crippen molar-refractivity contribution in [1.29, 1.82) is 0 Å². The molecule has 0 radical (unpaired) electrons. The van der Waals surface area contributed by atoms with E-state index in [1.54, 1.807) is 12.4 Å². The van der Waals surface area contributed by atoms with Crippen molar-refractivity contribution >= 4 is 20.7 Å². The van der Waals surface area contributed by atoms with E-state index in [-0.39, 0.29) is 0 Å². The minimum atomic E-state index is -2.35. The summed E-state index contributed by atoms with van der Waals surface area (Å²) in [5, 5.41) is 0. The van der Waals surface area contributed by atoms with Gasteiger partial charge in [-0.25, -0.2) is 0 Å². The Labute approximate surface area is 85.2 Å². The molecular weight excluding hydrogens is 203 g/mol. The van der Waals surface area contributed by atoms with Crippen LogP contribution in [-0.4, -0.2) is 38.7 Å². The lowest BCUT2D eigenvalue weighted by atomic mass is 10.7. The van der Waals surface area contributed by atoms with Crippen LogP contribution in [0.5, 0.6) is 0 Å². The smallest absolute Gasteiger partial charge is 0.309 e. The first-order valence-corrected chi connectivity index (χ1v) is 5.72. The third-order valence-electron chi connectivity index (χ3n) is 1.25. The Balaban J connectivity index is 3.28. The molecule has 0 N–H and O–H groups in total. The van der Waals surface area contributed by atoms with Gasteiger partial charge in [0.15, 0.2) is 0 Å². The average molecular weight is 220 g/mol. The van der Waals surface area contributed by atoms with Gasteiger partial charge in [-0.2, -0.15) is 0 Å². The first-order valence-electron chi connectivity index (χ1n) is 4.49. The summed E-state index contributed by atoms with van der Waals surface area (Å²) in [6.07, 6.45) is 3.36. The van der Waals surface area contributed by atoms with E-state index in [0.29, 0.717) is 26.3 Å². The van der Waals surface area contributed by atoms with Crippen molar-refractivity contribution < 1.29 is 13.6 Å². The topological polar surface area (TPSA) is 60.2 Å². The SMILES string of the molecule is CC=NCCO[PH](=O)OCCN=CC.